The van der Waals surface area contributed by atoms with E-state index in [9.17, 15) is 13.6 Å². The van der Waals surface area contributed by atoms with E-state index in [1.54, 1.807) is 31.3 Å². The lowest BCUT2D eigenvalue weighted by molar-refractivity contribution is -0.0498. The fraction of sp³-hybridized carbons (Fsp3) is 0.235. The van der Waals surface area contributed by atoms with Crippen LogP contribution in [-0.4, -0.2) is 24.6 Å². The van der Waals surface area contributed by atoms with Gasteiger partial charge in [0.25, 0.3) is 0 Å². The number of benzene rings is 2. The molecule has 0 heterocycles. The first-order valence-electron chi connectivity index (χ1n) is 7.21. The summed E-state index contributed by atoms with van der Waals surface area (Å²) in [5.74, 6) is 0.0593. The maximum atomic E-state index is 12.2. The highest BCUT2D eigenvalue weighted by Crippen LogP contribution is 2.16. The van der Waals surface area contributed by atoms with Crippen molar-refractivity contribution < 1.29 is 18.3 Å². The molecule has 0 saturated carbocycles. The van der Waals surface area contributed by atoms with Crippen molar-refractivity contribution in [2.75, 3.05) is 7.05 Å². The van der Waals surface area contributed by atoms with Crippen molar-refractivity contribution in [3.8, 4) is 5.75 Å². The van der Waals surface area contributed by atoms with E-state index >= 15 is 0 Å². The molecule has 2 rings (SSSR count). The lowest BCUT2D eigenvalue weighted by atomic mass is 10.2. The average molecular weight is 355 g/mol. The number of urea groups is 1. The molecular weight excluding hydrogens is 338 g/mol. The largest absolute Gasteiger partial charge is 0.435 e. The third-order valence-corrected chi connectivity index (χ3v) is 3.46. The zero-order chi connectivity index (χ0) is 17.5. The number of amides is 2. The van der Waals surface area contributed by atoms with E-state index in [4.69, 9.17) is 11.6 Å². The molecular formula is C17H17ClF2N2O2. The summed E-state index contributed by atoms with van der Waals surface area (Å²) in [6.07, 6.45) is 0. The second-order valence-electron chi connectivity index (χ2n) is 5.17. The van der Waals surface area contributed by atoms with Gasteiger partial charge in [0.15, 0.2) is 0 Å². The van der Waals surface area contributed by atoms with Crippen LogP contribution in [0.2, 0.25) is 5.02 Å². The Bertz CT molecular complexity index is 698. The number of halogens is 3. The van der Waals surface area contributed by atoms with E-state index in [1.165, 1.54) is 17.0 Å². The van der Waals surface area contributed by atoms with Gasteiger partial charge in [0.2, 0.25) is 0 Å². The minimum atomic E-state index is -2.88. The van der Waals surface area contributed by atoms with Gasteiger partial charge in [-0.2, -0.15) is 8.78 Å². The second-order valence-corrected chi connectivity index (χ2v) is 5.61. The maximum Gasteiger partial charge on any atom is 0.387 e. The summed E-state index contributed by atoms with van der Waals surface area (Å²) >= 11 is 5.92. The van der Waals surface area contributed by atoms with Crippen LogP contribution >= 0.6 is 11.6 Å². The number of hydrogen-bond acceptors (Lipinski definition) is 2. The monoisotopic (exact) mass is 354 g/mol. The topological polar surface area (TPSA) is 41.6 Å². The molecule has 0 spiro atoms. The standard InChI is InChI=1S/C17H17ClF2N2O2/c1-22(11-13-5-2-6-14(18)8-13)17(23)21-10-12-4-3-7-15(9-12)24-16(19)20/h2-9,16H,10-11H2,1H3,(H,21,23). The van der Waals surface area contributed by atoms with Crippen LogP contribution in [0, 0.1) is 0 Å². The average Bonchev–Trinajstić information content (AvgIpc) is 2.52. The lowest BCUT2D eigenvalue weighted by Gasteiger charge is -2.18. The molecule has 0 aliphatic carbocycles. The first-order chi connectivity index (χ1) is 11.4. The molecule has 0 radical (unpaired) electrons. The van der Waals surface area contributed by atoms with Gasteiger partial charge in [-0.25, -0.2) is 4.79 Å². The normalized spacial score (nSPS) is 10.5. The van der Waals surface area contributed by atoms with Gasteiger partial charge in [-0.05, 0) is 35.4 Å². The van der Waals surface area contributed by atoms with Crippen LogP contribution in [0.15, 0.2) is 48.5 Å². The molecule has 4 nitrogen and oxygen atoms in total. The molecule has 7 heteroatoms. The minimum absolute atomic E-state index is 0.0593. The predicted octanol–water partition coefficient (Wildman–Crippen LogP) is 4.28. The highest BCUT2D eigenvalue weighted by Gasteiger charge is 2.10. The number of carbonyl (C=O) groups excluding carboxylic acids is 1. The van der Waals surface area contributed by atoms with Crippen molar-refractivity contribution in [3.63, 3.8) is 0 Å². The summed E-state index contributed by atoms with van der Waals surface area (Å²) in [6, 6.07) is 13.2. The van der Waals surface area contributed by atoms with Crippen LogP contribution in [0.4, 0.5) is 13.6 Å². The third kappa shape index (κ3) is 5.70. The van der Waals surface area contributed by atoms with Gasteiger partial charge in [-0.1, -0.05) is 35.9 Å². The van der Waals surface area contributed by atoms with Crippen LogP contribution < -0.4 is 10.1 Å². The Morgan fingerprint density at radius 2 is 1.92 bits per heavy atom. The lowest BCUT2D eigenvalue weighted by Crippen LogP contribution is -2.36. The predicted molar refractivity (Wildman–Crippen MR) is 88.2 cm³/mol. The van der Waals surface area contributed by atoms with Gasteiger partial charge in [0.05, 0.1) is 0 Å². The van der Waals surface area contributed by atoms with Gasteiger partial charge in [-0.15, -0.1) is 0 Å². The Hall–Kier alpha value is -2.34. The van der Waals surface area contributed by atoms with Crippen molar-refractivity contribution in [3.05, 3.63) is 64.7 Å². The fourth-order valence-electron chi connectivity index (χ4n) is 2.13. The molecule has 24 heavy (non-hydrogen) atoms. The van der Waals surface area contributed by atoms with Gasteiger partial charge in [0.1, 0.15) is 5.75 Å². The smallest absolute Gasteiger partial charge is 0.387 e. The van der Waals surface area contributed by atoms with Crippen LogP contribution in [0.5, 0.6) is 5.75 Å². The highest BCUT2D eigenvalue weighted by molar-refractivity contribution is 6.30. The summed E-state index contributed by atoms with van der Waals surface area (Å²) in [4.78, 5) is 13.6. The van der Waals surface area contributed by atoms with Crippen molar-refractivity contribution in [2.45, 2.75) is 19.7 Å². The van der Waals surface area contributed by atoms with E-state index < -0.39 is 6.61 Å². The Morgan fingerprint density at radius 3 is 2.62 bits per heavy atom. The van der Waals surface area contributed by atoms with Gasteiger partial charge in [-0.3, -0.25) is 0 Å². The van der Waals surface area contributed by atoms with Crippen LogP contribution in [0.1, 0.15) is 11.1 Å². The molecule has 0 atom stereocenters. The zero-order valence-corrected chi connectivity index (χ0v) is 13.8. The number of hydrogen-bond donors (Lipinski definition) is 1. The van der Waals surface area contributed by atoms with E-state index in [2.05, 4.69) is 10.1 Å². The molecule has 2 amide bonds. The summed E-state index contributed by atoms with van der Waals surface area (Å²) in [5, 5.41) is 3.33. The molecule has 0 fully saturated rings. The molecule has 0 aromatic heterocycles. The molecule has 0 unspecified atom stereocenters. The first-order valence-corrected chi connectivity index (χ1v) is 7.59. The molecule has 2 aromatic carbocycles. The highest BCUT2D eigenvalue weighted by atomic mass is 35.5. The number of rotatable bonds is 6. The SMILES string of the molecule is CN(Cc1cccc(Cl)c1)C(=O)NCc1cccc(OC(F)F)c1. The second kappa shape index (κ2) is 8.49. The molecule has 0 aliphatic rings. The Labute approximate surface area is 144 Å². The number of carbonyl (C=O) groups is 1. The number of alkyl halides is 2. The molecule has 128 valence electrons. The fourth-order valence-corrected chi connectivity index (χ4v) is 2.34. The van der Waals surface area contributed by atoms with E-state index in [0.717, 1.165) is 5.56 Å². The number of nitrogens with zero attached hydrogens (tertiary/aromatic N) is 1. The molecule has 0 saturated heterocycles. The first kappa shape index (κ1) is 18.0. The molecule has 2 aromatic rings. The van der Waals surface area contributed by atoms with Crippen LogP contribution in [-0.2, 0) is 13.1 Å². The Balaban J connectivity index is 1.88. The minimum Gasteiger partial charge on any atom is -0.435 e. The summed E-state index contributed by atoms with van der Waals surface area (Å²) in [5.41, 5.74) is 1.57. The Morgan fingerprint density at radius 1 is 1.21 bits per heavy atom. The third-order valence-electron chi connectivity index (χ3n) is 3.22. The number of ether oxygens (including phenoxy) is 1. The zero-order valence-electron chi connectivity index (χ0n) is 13.0. The van der Waals surface area contributed by atoms with E-state index in [-0.39, 0.29) is 18.3 Å². The molecule has 1 N–H and O–H groups in total. The number of nitrogens with one attached hydrogen (secondary N) is 1. The van der Waals surface area contributed by atoms with Gasteiger partial charge < -0.3 is 15.0 Å². The van der Waals surface area contributed by atoms with Gasteiger partial charge in [0, 0.05) is 25.2 Å². The van der Waals surface area contributed by atoms with Crippen LogP contribution in [0.3, 0.4) is 0 Å². The maximum absolute atomic E-state index is 12.2. The van der Waals surface area contributed by atoms with E-state index in [1.807, 2.05) is 12.1 Å². The van der Waals surface area contributed by atoms with Crippen molar-refractivity contribution in [1.82, 2.24) is 10.2 Å². The van der Waals surface area contributed by atoms with Crippen LogP contribution in [0.25, 0.3) is 0 Å². The van der Waals surface area contributed by atoms with E-state index in [0.29, 0.717) is 17.1 Å². The molecule has 0 bridgehead atoms. The quantitative estimate of drug-likeness (QED) is 0.841. The van der Waals surface area contributed by atoms with Gasteiger partial charge >= 0.3 is 12.6 Å². The molecule has 0 aliphatic heterocycles. The summed E-state index contributed by atoms with van der Waals surface area (Å²) in [7, 11) is 1.66. The van der Waals surface area contributed by atoms with Crippen molar-refractivity contribution in [2.24, 2.45) is 0 Å². The summed E-state index contributed by atoms with van der Waals surface area (Å²) < 4.78 is 28.7. The van der Waals surface area contributed by atoms with Crippen molar-refractivity contribution in [1.29, 1.82) is 0 Å². The van der Waals surface area contributed by atoms with Crippen molar-refractivity contribution >= 4 is 17.6 Å². The summed E-state index contributed by atoms with van der Waals surface area (Å²) in [6.45, 7) is -2.27. The Kier molecular flexibility index (Phi) is 6.37.